The summed E-state index contributed by atoms with van der Waals surface area (Å²) in [6, 6.07) is 8.01. The van der Waals surface area contributed by atoms with Crippen LogP contribution < -0.4 is 10.6 Å². The molecule has 2 saturated heterocycles. The Bertz CT molecular complexity index is 974. The third-order valence-corrected chi connectivity index (χ3v) is 7.45. The van der Waals surface area contributed by atoms with Gasteiger partial charge in [-0.3, -0.25) is 13.8 Å². The number of likely N-dealkylation sites (tertiary alicyclic amines) is 1. The van der Waals surface area contributed by atoms with Crippen molar-refractivity contribution in [1.82, 2.24) is 15.5 Å². The van der Waals surface area contributed by atoms with E-state index in [1.807, 2.05) is 6.92 Å². The van der Waals surface area contributed by atoms with Crippen molar-refractivity contribution in [1.29, 1.82) is 5.26 Å². The van der Waals surface area contributed by atoms with Gasteiger partial charge in [0.05, 0.1) is 23.6 Å². The van der Waals surface area contributed by atoms with E-state index in [-0.39, 0.29) is 41.3 Å². The van der Waals surface area contributed by atoms with Crippen LogP contribution >= 0.6 is 0 Å². The fraction of sp³-hybridized carbons (Fsp3) is 0.609. The van der Waals surface area contributed by atoms with Gasteiger partial charge in [-0.15, -0.1) is 0 Å². The highest BCUT2D eigenvalue weighted by Crippen LogP contribution is 2.23. The molecule has 2 aliphatic rings. The van der Waals surface area contributed by atoms with Crippen LogP contribution in [0.2, 0.25) is 0 Å². The molecule has 2 N–H and O–H groups in total. The normalized spacial score (nSPS) is 22.8. The highest BCUT2D eigenvalue weighted by molar-refractivity contribution is 7.86. The summed E-state index contributed by atoms with van der Waals surface area (Å²) in [5, 5.41) is 15.2. The lowest BCUT2D eigenvalue weighted by atomic mass is 10.0. The smallest absolute Gasteiger partial charge is 0.296 e. The van der Waals surface area contributed by atoms with Crippen molar-refractivity contribution >= 4 is 21.9 Å². The lowest BCUT2D eigenvalue weighted by molar-refractivity contribution is -0.133. The third kappa shape index (κ3) is 7.00. The molecule has 0 aliphatic carbocycles. The van der Waals surface area contributed by atoms with Crippen molar-refractivity contribution in [3.05, 3.63) is 29.8 Å². The molecule has 1 aromatic rings. The molecule has 2 fully saturated rings. The Hall–Kier alpha value is -2.48. The van der Waals surface area contributed by atoms with Gasteiger partial charge >= 0.3 is 0 Å². The van der Waals surface area contributed by atoms with Crippen LogP contribution in [0, 0.1) is 24.2 Å². The van der Waals surface area contributed by atoms with Gasteiger partial charge in [0, 0.05) is 19.5 Å². The van der Waals surface area contributed by atoms with Crippen LogP contribution in [0.3, 0.4) is 0 Å². The summed E-state index contributed by atoms with van der Waals surface area (Å²) in [4.78, 5) is 26.7. The third-order valence-electron chi connectivity index (χ3n) is 6.12. The molecular weight excluding hydrogens is 444 g/mol. The fourth-order valence-corrected chi connectivity index (χ4v) is 5.19. The Kier molecular flexibility index (Phi) is 8.83. The Morgan fingerprint density at radius 2 is 2.03 bits per heavy atom. The highest BCUT2D eigenvalue weighted by atomic mass is 32.2. The second-order valence-corrected chi connectivity index (χ2v) is 10.3. The minimum Gasteiger partial charge on any atom is -0.356 e. The van der Waals surface area contributed by atoms with Crippen LogP contribution in [-0.4, -0.2) is 63.5 Å². The average Bonchev–Trinajstić information content (AvgIpc) is 3.45. The second kappa shape index (κ2) is 11.6. The number of nitrogens with one attached hydrogen (secondary N) is 2. The molecule has 33 heavy (non-hydrogen) atoms. The molecule has 0 radical (unpaired) electrons. The zero-order valence-corrected chi connectivity index (χ0v) is 19.8. The Morgan fingerprint density at radius 1 is 1.27 bits per heavy atom. The highest BCUT2D eigenvalue weighted by Gasteiger charge is 2.37. The summed E-state index contributed by atoms with van der Waals surface area (Å²) in [6.45, 7) is 3.59. The monoisotopic (exact) mass is 476 g/mol. The van der Waals surface area contributed by atoms with E-state index in [1.54, 1.807) is 17.0 Å². The van der Waals surface area contributed by atoms with Crippen molar-refractivity contribution in [3.63, 3.8) is 0 Å². The molecule has 3 atom stereocenters. The van der Waals surface area contributed by atoms with E-state index >= 15 is 0 Å². The molecule has 2 heterocycles. The second-order valence-electron chi connectivity index (χ2n) is 8.73. The Labute approximate surface area is 195 Å². The van der Waals surface area contributed by atoms with E-state index in [1.165, 1.54) is 12.1 Å². The predicted octanol–water partition coefficient (Wildman–Crippen LogP) is 1.48. The van der Waals surface area contributed by atoms with Crippen molar-refractivity contribution in [2.24, 2.45) is 5.92 Å². The molecule has 3 rings (SSSR count). The minimum atomic E-state index is -3.76. The molecular formula is C23H32N4O5S. The Balaban J connectivity index is 1.29. The molecule has 2 amide bonds. The lowest BCUT2D eigenvalue weighted by Crippen LogP contribution is -2.45. The van der Waals surface area contributed by atoms with Crippen LogP contribution in [0.5, 0.6) is 0 Å². The zero-order chi connectivity index (χ0) is 23.8. The van der Waals surface area contributed by atoms with Gasteiger partial charge in [-0.25, -0.2) is 0 Å². The number of carbonyl (C=O) groups is 2. The lowest BCUT2D eigenvalue weighted by Gasteiger charge is -2.23. The van der Waals surface area contributed by atoms with Gasteiger partial charge in [-0.1, -0.05) is 17.7 Å². The van der Waals surface area contributed by atoms with Crippen molar-refractivity contribution in [2.45, 2.75) is 62.4 Å². The van der Waals surface area contributed by atoms with E-state index in [0.29, 0.717) is 45.3 Å². The number of benzene rings is 1. The quantitative estimate of drug-likeness (QED) is 0.387. The number of aryl methyl sites for hydroxylation is 1. The molecule has 0 spiro atoms. The number of unbranched alkanes of at least 4 members (excludes halogenated alkanes) is 1. The molecule has 10 heteroatoms. The topological polar surface area (TPSA) is 129 Å². The number of nitrogens with zero attached hydrogens (tertiary/aromatic N) is 2. The van der Waals surface area contributed by atoms with E-state index in [0.717, 1.165) is 18.4 Å². The maximum Gasteiger partial charge on any atom is 0.296 e. The summed E-state index contributed by atoms with van der Waals surface area (Å²) in [5.74, 6) is -0.0493. The van der Waals surface area contributed by atoms with Crippen molar-refractivity contribution in [2.75, 3.05) is 26.2 Å². The van der Waals surface area contributed by atoms with Gasteiger partial charge in [-0.2, -0.15) is 13.7 Å². The van der Waals surface area contributed by atoms with Gasteiger partial charge in [-0.05, 0) is 63.6 Å². The van der Waals surface area contributed by atoms with Crippen LogP contribution in [0.4, 0.5) is 0 Å². The average molecular weight is 477 g/mol. The van der Waals surface area contributed by atoms with E-state index < -0.39 is 10.1 Å². The van der Waals surface area contributed by atoms with Gasteiger partial charge in [0.15, 0.2) is 0 Å². The molecule has 0 saturated carbocycles. The van der Waals surface area contributed by atoms with E-state index in [4.69, 9.17) is 4.18 Å². The summed E-state index contributed by atoms with van der Waals surface area (Å²) < 4.78 is 29.3. The van der Waals surface area contributed by atoms with Crippen LogP contribution in [-0.2, 0) is 23.9 Å². The van der Waals surface area contributed by atoms with Gasteiger partial charge in [0.1, 0.15) is 6.04 Å². The van der Waals surface area contributed by atoms with Crippen LogP contribution in [0.25, 0.3) is 0 Å². The first kappa shape index (κ1) is 25.1. The summed E-state index contributed by atoms with van der Waals surface area (Å²) in [7, 11) is -3.76. The molecule has 180 valence electrons. The van der Waals surface area contributed by atoms with Gasteiger partial charge in [0.2, 0.25) is 11.8 Å². The minimum absolute atomic E-state index is 0.0393. The predicted molar refractivity (Wildman–Crippen MR) is 121 cm³/mol. The largest absolute Gasteiger partial charge is 0.356 e. The van der Waals surface area contributed by atoms with E-state index in [9.17, 15) is 23.3 Å². The number of rotatable bonds is 10. The van der Waals surface area contributed by atoms with Crippen LogP contribution in [0.1, 0.15) is 44.1 Å². The molecule has 1 aromatic carbocycles. The number of hydrogen-bond acceptors (Lipinski definition) is 7. The summed E-state index contributed by atoms with van der Waals surface area (Å²) >= 11 is 0. The number of hydrogen-bond donors (Lipinski definition) is 2. The van der Waals surface area contributed by atoms with E-state index in [2.05, 4.69) is 16.7 Å². The molecule has 0 bridgehead atoms. The fourth-order valence-electron chi connectivity index (χ4n) is 4.25. The van der Waals surface area contributed by atoms with Crippen LogP contribution in [0.15, 0.2) is 29.2 Å². The first-order valence-corrected chi connectivity index (χ1v) is 12.9. The number of carbonyl (C=O) groups excluding carboxylic acids is 2. The summed E-state index contributed by atoms with van der Waals surface area (Å²) in [6.07, 6.45) is 3.60. The molecule has 0 aromatic heterocycles. The van der Waals surface area contributed by atoms with Crippen molar-refractivity contribution < 1.29 is 22.2 Å². The SMILES string of the molecule is Cc1ccc(S(=O)(=O)OCCCCNC(=O)C[C@@H]2CN[C@H](C(=O)N3CCC[C@H]3C#N)C2)cc1. The molecule has 9 nitrogen and oxygen atoms in total. The number of nitriles is 1. The zero-order valence-electron chi connectivity index (χ0n) is 19.0. The first-order valence-electron chi connectivity index (χ1n) is 11.5. The number of amides is 2. The maximum atomic E-state index is 12.7. The Morgan fingerprint density at radius 3 is 2.76 bits per heavy atom. The summed E-state index contributed by atoms with van der Waals surface area (Å²) in [5.41, 5.74) is 0.972. The molecule has 2 aliphatic heterocycles. The van der Waals surface area contributed by atoms with Crippen molar-refractivity contribution in [3.8, 4) is 6.07 Å². The van der Waals surface area contributed by atoms with Gasteiger partial charge < -0.3 is 15.5 Å². The standard InChI is InChI=1S/C23H32N4O5S/c1-17-6-8-20(9-7-17)33(30,31)32-12-3-2-10-25-22(28)14-18-13-21(26-16-18)23(29)27-11-4-5-19(27)15-24/h6-9,18-19,21,26H,2-5,10-14,16H2,1H3,(H,25,28)/t18-,19+,21+/m1/s1. The molecule has 0 unspecified atom stereocenters. The maximum absolute atomic E-state index is 12.7. The van der Waals surface area contributed by atoms with Gasteiger partial charge in [0.25, 0.3) is 10.1 Å². The first-order chi connectivity index (χ1) is 15.8.